The molecule has 6 heteroatoms. The van der Waals surface area contributed by atoms with Crippen LogP contribution in [0.2, 0.25) is 0 Å². The van der Waals surface area contributed by atoms with Gasteiger partial charge in [-0.15, -0.1) is 15.6 Å². The Balaban J connectivity index is 2.12. The molecule has 0 fully saturated rings. The van der Waals surface area contributed by atoms with Crippen molar-refractivity contribution in [2.75, 3.05) is 0 Å². The third-order valence-corrected chi connectivity index (χ3v) is 6.54. The number of halogens is 1. The Hall–Kier alpha value is -2.31. The van der Waals surface area contributed by atoms with E-state index in [0.717, 1.165) is 25.1 Å². The first-order valence-corrected chi connectivity index (χ1v) is 10.0. The summed E-state index contributed by atoms with van der Waals surface area (Å²) in [7, 11) is -0.953. The van der Waals surface area contributed by atoms with Crippen LogP contribution in [0.4, 0.5) is 0 Å². The summed E-state index contributed by atoms with van der Waals surface area (Å²) in [4.78, 5) is 0. The molecule has 4 rings (SSSR count). The van der Waals surface area contributed by atoms with Gasteiger partial charge in [-0.3, -0.25) is 0 Å². The number of thiol groups is 1. The lowest BCUT2D eigenvalue weighted by Gasteiger charge is -2.17. The molecule has 2 aromatic carbocycles. The second kappa shape index (κ2) is 6.20. The second-order valence-corrected chi connectivity index (χ2v) is 8.60. The zero-order chi connectivity index (χ0) is 17.6. The fraction of sp³-hybridized carbons (Fsp3) is 0.0526. The predicted octanol–water partition coefficient (Wildman–Crippen LogP) is 4.25. The molecule has 25 heavy (non-hydrogen) atoms. The van der Waals surface area contributed by atoms with Gasteiger partial charge in [0.05, 0.1) is 5.56 Å². The Bertz CT molecular complexity index is 1030. The van der Waals surface area contributed by atoms with Gasteiger partial charge in [0.1, 0.15) is 0 Å². The van der Waals surface area contributed by atoms with Crippen LogP contribution in [-0.4, -0.2) is 0 Å². The maximum Gasteiger partial charge on any atom is 0.313 e. The molecule has 3 aromatic rings. The van der Waals surface area contributed by atoms with E-state index in [2.05, 4.69) is 15.9 Å². The maximum absolute atomic E-state index is 13.2. The summed E-state index contributed by atoms with van der Waals surface area (Å²) in [6.07, 6.45) is 3.84. The average Bonchev–Trinajstić information content (AvgIpc) is 3.13. The highest BCUT2D eigenvalue weighted by Gasteiger charge is 2.32. The SMILES string of the molecule is Cc1ccc2c(c1)[n+]([O-])c(-c1ccc(Br)cc1)c([SH]1C=CC=C1)[n+]2[O-]. The van der Waals surface area contributed by atoms with Crippen LogP contribution in [0, 0.1) is 17.3 Å². The van der Waals surface area contributed by atoms with Crippen molar-refractivity contribution in [3.63, 3.8) is 0 Å². The van der Waals surface area contributed by atoms with E-state index in [0.29, 0.717) is 21.8 Å². The van der Waals surface area contributed by atoms with Gasteiger partial charge in [0.2, 0.25) is 0 Å². The minimum Gasteiger partial charge on any atom is -0.617 e. The topological polar surface area (TPSA) is 53.9 Å². The first-order chi connectivity index (χ1) is 12.1. The number of allylic oxidation sites excluding steroid dienone is 2. The van der Waals surface area contributed by atoms with Crippen LogP contribution in [0.5, 0.6) is 0 Å². The molecule has 0 aliphatic carbocycles. The van der Waals surface area contributed by atoms with Crippen molar-refractivity contribution >= 4 is 37.9 Å². The number of hydrogen-bond donors (Lipinski definition) is 1. The maximum atomic E-state index is 13.2. The molecule has 2 heterocycles. The Morgan fingerprint density at radius 3 is 2.24 bits per heavy atom. The number of benzene rings is 2. The van der Waals surface area contributed by atoms with Gasteiger partial charge in [0.15, 0.2) is 0 Å². The summed E-state index contributed by atoms with van der Waals surface area (Å²) in [5.74, 6) is 0. The Labute approximate surface area is 156 Å². The fourth-order valence-electron chi connectivity index (χ4n) is 2.95. The molecule has 0 saturated carbocycles. The first-order valence-electron chi connectivity index (χ1n) is 7.75. The van der Waals surface area contributed by atoms with Crippen LogP contribution in [0.15, 0.2) is 74.9 Å². The number of rotatable bonds is 2. The number of fused-ring (bicyclic) bond motifs is 1. The molecule has 0 spiro atoms. The van der Waals surface area contributed by atoms with Gasteiger partial charge in [0.25, 0.3) is 11.0 Å². The molecule has 0 bridgehead atoms. The van der Waals surface area contributed by atoms with Gasteiger partial charge in [-0.05, 0) is 47.6 Å². The van der Waals surface area contributed by atoms with E-state index in [1.165, 1.54) is 0 Å². The highest BCUT2D eigenvalue weighted by molar-refractivity contribution is 9.10. The fourth-order valence-corrected chi connectivity index (χ4v) is 4.94. The van der Waals surface area contributed by atoms with Crippen molar-refractivity contribution in [1.82, 2.24) is 0 Å². The van der Waals surface area contributed by atoms with Crippen LogP contribution in [-0.2, 0) is 0 Å². The Kier molecular flexibility index (Phi) is 4.01. The van der Waals surface area contributed by atoms with Crippen LogP contribution < -0.4 is 9.46 Å². The third kappa shape index (κ3) is 2.71. The monoisotopic (exact) mass is 414 g/mol. The van der Waals surface area contributed by atoms with Crippen LogP contribution in [0.25, 0.3) is 22.3 Å². The number of nitrogens with zero attached hydrogens (tertiary/aromatic N) is 2. The van der Waals surface area contributed by atoms with E-state index >= 15 is 0 Å². The minimum absolute atomic E-state index is 0.388. The van der Waals surface area contributed by atoms with Gasteiger partial charge in [0, 0.05) is 16.6 Å². The van der Waals surface area contributed by atoms with E-state index in [9.17, 15) is 10.4 Å². The predicted molar refractivity (Wildman–Crippen MR) is 105 cm³/mol. The molecule has 126 valence electrons. The number of hydrogen-bond acceptors (Lipinski definition) is 2. The van der Waals surface area contributed by atoms with E-state index in [-0.39, 0.29) is 0 Å². The Morgan fingerprint density at radius 2 is 1.56 bits per heavy atom. The molecular formula is C19H15BrN2O2S. The van der Waals surface area contributed by atoms with E-state index < -0.39 is 10.9 Å². The van der Waals surface area contributed by atoms with E-state index in [1.807, 2.05) is 60.2 Å². The molecule has 0 saturated heterocycles. The summed E-state index contributed by atoms with van der Waals surface area (Å²) in [6, 6.07) is 12.8. The van der Waals surface area contributed by atoms with Crippen LogP contribution >= 0.6 is 26.8 Å². The molecular weight excluding hydrogens is 400 g/mol. The number of aryl methyl sites for hydroxylation is 1. The van der Waals surface area contributed by atoms with Crippen molar-refractivity contribution in [1.29, 1.82) is 0 Å². The van der Waals surface area contributed by atoms with Gasteiger partial charge in [-0.25, -0.2) is 0 Å². The average molecular weight is 415 g/mol. The van der Waals surface area contributed by atoms with Crippen LogP contribution in [0.1, 0.15) is 5.56 Å². The van der Waals surface area contributed by atoms with Gasteiger partial charge in [-0.1, -0.05) is 34.1 Å². The van der Waals surface area contributed by atoms with E-state index in [1.54, 1.807) is 12.1 Å². The molecule has 0 N–H and O–H groups in total. The zero-order valence-corrected chi connectivity index (χ0v) is 15.9. The van der Waals surface area contributed by atoms with Crippen molar-refractivity contribution in [2.45, 2.75) is 11.9 Å². The summed E-state index contributed by atoms with van der Waals surface area (Å²) >= 11 is 3.41. The smallest absolute Gasteiger partial charge is 0.313 e. The molecule has 4 nitrogen and oxygen atoms in total. The molecule has 1 aliphatic rings. The molecule has 0 amide bonds. The van der Waals surface area contributed by atoms with Gasteiger partial charge >= 0.3 is 10.7 Å². The van der Waals surface area contributed by atoms with Crippen LogP contribution in [0.3, 0.4) is 0 Å². The van der Waals surface area contributed by atoms with Gasteiger partial charge < -0.3 is 10.4 Å². The van der Waals surface area contributed by atoms with E-state index in [4.69, 9.17) is 0 Å². The lowest BCUT2D eigenvalue weighted by atomic mass is 10.1. The highest BCUT2D eigenvalue weighted by Crippen LogP contribution is 2.44. The molecule has 0 atom stereocenters. The standard InChI is InChI=1S/C19H15BrN2O2S/c1-13-4-9-16-17(12-13)21(23)18(14-5-7-15(20)8-6-14)19(22(16)24)25-10-2-3-11-25/h2-12,25H,1H3. The van der Waals surface area contributed by atoms with Crippen molar-refractivity contribution in [3.8, 4) is 11.3 Å². The second-order valence-electron chi connectivity index (χ2n) is 5.85. The quantitative estimate of drug-likeness (QED) is 0.387. The summed E-state index contributed by atoms with van der Waals surface area (Å²) in [5, 5.41) is 30.8. The Morgan fingerprint density at radius 1 is 0.880 bits per heavy atom. The normalized spacial score (nSPS) is 14.6. The molecule has 1 aromatic heterocycles. The largest absolute Gasteiger partial charge is 0.617 e. The van der Waals surface area contributed by atoms with Crippen molar-refractivity contribution < 1.29 is 9.46 Å². The summed E-state index contributed by atoms with van der Waals surface area (Å²) in [6.45, 7) is 1.91. The zero-order valence-electron chi connectivity index (χ0n) is 13.4. The number of aromatic nitrogens is 2. The molecule has 0 radical (unpaired) electrons. The van der Waals surface area contributed by atoms with Crippen molar-refractivity contribution in [3.05, 3.63) is 85.9 Å². The summed E-state index contributed by atoms with van der Waals surface area (Å²) < 4.78 is 2.75. The highest BCUT2D eigenvalue weighted by atomic mass is 79.9. The summed E-state index contributed by atoms with van der Waals surface area (Å²) in [5.41, 5.74) is 2.88. The first kappa shape index (κ1) is 16.2. The van der Waals surface area contributed by atoms with Crippen molar-refractivity contribution in [2.24, 2.45) is 0 Å². The molecule has 0 unspecified atom stereocenters. The third-order valence-electron chi connectivity index (χ3n) is 4.14. The lowest BCUT2D eigenvalue weighted by molar-refractivity contribution is -0.653. The van der Waals surface area contributed by atoms with Gasteiger partial charge in [-0.2, -0.15) is 4.73 Å². The molecule has 1 aliphatic heterocycles. The lowest BCUT2D eigenvalue weighted by Crippen LogP contribution is -2.43. The minimum atomic E-state index is -0.953.